The Balaban J connectivity index is 2.31. The van der Waals surface area contributed by atoms with E-state index >= 15 is 0 Å². The van der Waals surface area contributed by atoms with E-state index in [0.29, 0.717) is 0 Å². The number of ether oxygens (including phenoxy) is 2. The zero-order valence-corrected chi connectivity index (χ0v) is 12.8. The summed E-state index contributed by atoms with van der Waals surface area (Å²) in [5.74, 6) is 1.52. The first-order chi connectivity index (χ1) is 9.65. The minimum Gasteiger partial charge on any atom is -0.496 e. The van der Waals surface area contributed by atoms with Crippen molar-refractivity contribution in [2.45, 2.75) is 18.7 Å². The third-order valence-corrected chi connectivity index (χ3v) is 3.65. The minimum atomic E-state index is -0.192. The lowest BCUT2D eigenvalue weighted by Gasteiger charge is -2.17. The highest BCUT2D eigenvalue weighted by Gasteiger charge is 2.19. The molecule has 0 spiro atoms. The highest BCUT2D eigenvalue weighted by Crippen LogP contribution is 2.39. The van der Waals surface area contributed by atoms with Crippen LogP contribution < -0.4 is 9.47 Å². The topological polar surface area (TPSA) is 18.5 Å². The average Bonchev–Trinajstić information content (AvgIpc) is 2.46. The molecule has 0 fully saturated rings. The van der Waals surface area contributed by atoms with E-state index in [0.717, 1.165) is 23.5 Å². The van der Waals surface area contributed by atoms with Crippen LogP contribution >= 0.6 is 11.6 Å². The van der Waals surface area contributed by atoms with E-state index in [-0.39, 0.29) is 5.38 Å². The van der Waals surface area contributed by atoms with Crippen LogP contribution in [0.15, 0.2) is 42.5 Å². The molecule has 0 aliphatic carbocycles. The predicted molar refractivity (Wildman–Crippen MR) is 83.0 cm³/mol. The molecule has 106 valence electrons. The molecule has 0 N–H and O–H groups in total. The molecule has 1 atom stereocenters. The van der Waals surface area contributed by atoms with E-state index in [9.17, 15) is 0 Å². The minimum absolute atomic E-state index is 0.192. The van der Waals surface area contributed by atoms with Gasteiger partial charge in [0.1, 0.15) is 11.5 Å². The molecule has 0 radical (unpaired) electrons. The van der Waals surface area contributed by atoms with Crippen molar-refractivity contribution in [3.05, 3.63) is 59.2 Å². The maximum Gasteiger partial charge on any atom is 0.127 e. The lowest BCUT2D eigenvalue weighted by molar-refractivity contribution is 0.384. The lowest BCUT2D eigenvalue weighted by Crippen LogP contribution is -2.02. The van der Waals surface area contributed by atoms with Gasteiger partial charge in [-0.05, 0) is 31.0 Å². The average molecular weight is 291 g/mol. The van der Waals surface area contributed by atoms with Crippen molar-refractivity contribution in [3.8, 4) is 11.5 Å². The van der Waals surface area contributed by atoms with Crippen LogP contribution in [0.2, 0.25) is 0 Å². The standard InChI is InChI=1S/C17H19ClO2/c1-12-6-4-7-13(10-12)11-14(18)17-15(19-2)8-5-9-16(17)20-3/h4-10,14H,11H2,1-3H3. The Morgan fingerprint density at radius 3 is 2.15 bits per heavy atom. The number of alkyl halides is 1. The Kier molecular flexibility index (Phi) is 4.91. The monoisotopic (exact) mass is 290 g/mol. The van der Waals surface area contributed by atoms with Crippen LogP contribution in [0.4, 0.5) is 0 Å². The normalized spacial score (nSPS) is 12.0. The number of hydrogen-bond acceptors (Lipinski definition) is 2. The van der Waals surface area contributed by atoms with Gasteiger partial charge in [0, 0.05) is 0 Å². The quantitative estimate of drug-likeness (QED) is 0.753. The zero-order valence-electron chi connectivity index (χ0n) is 12.0. The van der Waals surface area contributed by atoms with Gasteiger partial charge in [0.2, 0.25) is 0 Å². The molecule has 1 unspecified atom stereocenters. The predicted octanol–water partition coefficient (Wildman–Crippen LogP) is 4.53. The summed E-state index contributed by atoms with van der Waals surface area (Å²) >= 11 is 6.60. The van der Waals surface area contributed by atoms with Crippen molar-refractivity contribution in [2.75, 3.05) is 14.2 Å². The summed E-state index contributed by atoms with van der Waals surface area (Å²) in [6.45, 7) is 2.08. The summed E-state index contributed by atoms with van der Waals surface area (Å²) < 4.78 is 10.8. The van der Waals surface area contributed by atoms with E-state index < -0.39 is 0 Å². The fourth-order valence-electron chi connectivity index (χ4n) is 2.34. The molecular weight excluding hydrogens is 272 g/mol. The molecule has 20 heavy (non-hydrogen) atoms. The first-order valence-electron chi connectivity index (χ1n) is 6.56. The van der Waals surface area contributed by atoms with Gasteiger partial charge < -0.3 is 9.47 Å². The Morgan fingerprint density at radius 2 is 1.60 bits per heavy atom. The zero-order chi connectivity index (χ0) is 14.5. The lowest BCUT2D eigenvalue weighted by atomic mass is 10.0. The van der Waals surface area contributed by atoms with Crippen molar-refractivity contribution in [2.24, 2.45) is 0 Å². The Hall–Kier alpha value is -1.67. The second-order valence-corrected chi connectivity index (χ2v) is 5.26. The van der Waals surface area contributed by atoms with Crippen molar-refractivity contribution >= 4 is 11.6 Å². The molecule has 2 rings (SSSR count). The van der Waals surface area contributed by atoms with Gasteiger partial charge >= 0.3 is 0 Å². The molecular formula is C17H19ClO2. The molecule has 0 saturated carbocycles. The van der Waals surface area contributed by atoms with E-state index in [2.05, 4.69) is 25.1 Å². The molecule has 0 aliphatic heterocycles. The first-order valence-corrected chi connectivity index (χ1v) is 7.00. The van der Waals surface area contributed by atoms with E-state index in [1.807, 2.05) is 24.3 Å². The maximum absolute atomic E-state index is 6.60. The van der Waals surface area contributed by atoms with Gasteiger partial charge in [0.05, 0.1) is 25.2 Å². The highest BCUT2D eigenvalue weighted by atomic mass is 35.5. The van der Waals surface area contributed by atoms with Crippen LogP contribution in [0.3, 0.4) is 0 Å². The number of halogens is 1. The number of benzene rings is 2. The largest absolute Gasteiger partial charge is 0.496 e. The van der Waals surface area contributed by atoms with Gasteiger partial charge in [-0.3, -0.25) is 0 Å². The SMILES string of the molecule is COc1cccc(OC)c1C(Cl)Cc1cccc(C)c1. The van der Waals surface area contributed by atoms with Gasteiger partial charge in [0.15, 0.2) is 0 Å². The summed E-state index contributed by atoms with van der Waals surface area (Å²) in [6.07, 6.45) is 0.736. The van der Waals surface area contributed by atoms with E-state index in [1.54, 1.807) is 14.2 Å². The van der Waals surface area contributed by atoms with Gasteiger partial charge in [-0.1, -0.05) is 35.9 Å². The summed E-state index contributed by atoms with van der Waals surface area (Å²) in [4.78, 5) is 0. The van der Waals surface area contributed by atoms with Crippen molar-refractivity contribution in [1.29, 1.82) is 0 Å². The van der Waals surface area contributed by atoms with Crippen molar-refractivity contribution in [3.63, 3.8) is 0 Å². The van der Waals surface area contributed by atoms with Crippen LogP contribution in [0.25, 0.3) is 0 Å². The molecule has 0 aliphatic rings. The number of rotatable bonds is 5. The van der Waals surface area contributed by atoms with Gasteiger partial charge in [-0.15, -0.1) is 11.6 Å². The third kappa shape index (κ3) is 3.26. The summed E-state index contributed by atoms with van der Waals surface area (Å²) in [6, 6.07) is 14.1. The van der Waals surface area contributed by atoms with Crippen molar-refractivity contribution < 1.29 is 9.47 Å². The summed E-state index contributed by atoms with van der Waals surface area (Å²) in [5, 5.41) is -0.192. The number of hydrogen-bond donors (Lipinski definition) is 0. The Labute approximate surface area is 125 Å². The Bertz CT molecular complexity index is 559. The second kappa shape index (κ2) is 6.67. The molecule has 0 amide bonds. The summed E-state index contributed by atoms with van der Waals surface area (Å²) in [5.41, 5.74) is 3.34. The van der Waals surface area contributed by atoms with Gasteiger partial charge in [-0.2, -0.15) is 0 Å². The second-order valence-electron chi connectivity index (χ2n) is 4.74. The smallest absolute Gasteiger partial charge is 0.127 e. The molecule has 3 heteroatoms. The third-order valence-electron chi connectivity index (χ3n) is 3.28. The van der Waals surface area contributed by atoms with Crippen LogP contribution in [0.1, 0.15) is 22.1 Å². The molecule has 2 aromatic carbocycles. The molecule has 0 saturated heterocycles. The molecule has 0 heterocycles. The maximum atomic E-state index is 6.60. The van der Waals surface area contributed by atoms with Gasteiger partial charge in [0.25, 0.3) is 0 Å². The first kappa shape index (κ1) is 14.7. The molecule has 0 bridgehead atoms. The summed E-state index contributed by atoms with van der Waals surface area (Å²) in [7, 11) is 3.29. The number of aryl methyl sites for hydroxylation is 1. The molecule has 2 aromatic rings. The molecule has 2 nitrogen and oxygen atoms in total. The van der Waals surface area contributed by atoms with Crippen LogP contribution in [0.5, 0.6) is 11.5 Å². The number of methoxy groups -OCH3 is 2. The fourth-order valence-corrected chi connectivity index (χ4v) is 2.73. The van der Waals surface area contributed by atoms with Crippen LogP contribution in [-0.2, 0) is 6.42 Å². The molecule has 0 aromatic heterocycles. The van der Waals surface area contributed by atoms with Crippen molar-refractivity contribution in [1.82, 2.24) is 0 Å². The fraction of sp³-hybridized carbons (Fsp3) is 0.294. The highest BCUT2D eigenvalue weighted by molar-refractivity contribution is 6.21. The van der Waals surface area contributed by atoms with E-state index in [1.165, 1.54) is 11.1 Å². The van der Waals surface area contributed by atoms with Gasteiger partial charge in [-0.25, -0.2) is 0 Å². The van der Waals surface area contributed by atoms with Crippen LogP contribution in [0, 0.1) is 6.92 Å². The van der Waals surface area contributed by atoms with E-state index in [4.69, 9.17) is 21.1 Å². The Morgan fingerprint density at radius 1 is 1.00 bits per heavy atom. The van der Waals surface area contributed by atoms with Crippen LogP contribution in [-0.4, -0.2) is 14.2 Å².